The van der Waals surface area contributed by atoms with Crippen LogP contribution in [0.4, 0.5) is 5.82 Å². The molecule has 2 heterocycles. The van der Waals surface area contributed by atoms with Gasteiger partial charge in [0.05, 0.1) is 0 Å². The lowest BCUT2D eigenvalue weighted by molar-refractivity contribution is 0.756. The smallest absolute Gasteiger partial charge is 0.226 e. The standard InChI is InChI=1S/C7H7BrClN5/c1-2-14-5-3(11-6(14)8)4(10)12-7(9)13-5/h2H2,1H3,(H2,10,12,13). The second-order valence-electron chi connectivity index (χ2n) is 2.68. The third-order valence-corrected chi connectivity index (χ3v) is 2.64. The van der Waals surface area contributed by atoms with Crippen molar-refractivity contribution in [2.24, 2.45) is 0 Å². The molecule has 2 aromatic heterocycles. The molecule has 2 aromatic rings. The second kappa shape index (κ2) is 3.36. The topological polar surface area (TPSA) is 69.6 Å². The quantitative estimate of drug-likeness (QED) is 0.637. The van der Waals surface area contributed by atoms with E-state index in [-0.39, 0.29) is 5.28 Å². The van der Waals surface area contributed by atoms with Gasteiger partial charge in [0.15, 0.2) is 21.7 Å². The Bertz CT molecular complexity index is 494. The molecule has 0 aliphatic rings. The normalized spacial score (nSPS) is 11.1. The molecule has 0 radical (unpaired) electrons. The van der Waals surface area contributed by atoms with Crippen LogP contribution >= 0.6 is 27.5 Å². The van der Waals surface area contributed by atoms with Crippen LogP contribution in [0.1, 0.15) is 6.92 Å². The Kier molecular flexibility index (Phi) is 2.32. The van der Waals surface area contributed by atoms with Crippen molar-refractivity contribution in [1.82, 2.24) is 19.5 Å². The molecule has 0 unspecified atom stereocenters. The van der Waals surface area contributed by atoms with Gasteiger partial charge in [-0.1, -0.05) is 0 Å². The van der Waals surface area contributed by atoms with Gasteiger partial charge >= 0.3 is 0 Å². The molecule has 0 spiro atoms. The number of hydrogen-bond donors (Lipinski definition) is 1. The molecule has 2 N–H and O–H groups in total. The number of hydrogen-bond acceptors (Lipinski definition) is 4. The first-order valence-corrected chi connectivity index (χ1v) is 5.15. The zero-order chi connectivity index (χ0) is 10.3. The van der Waals surface area contributed by atoms with Crippen LogP contribution in [-0.4, -0.2) is 19.5 Å². The Hall–Kier alpha value is -0.880. The van der Waals surface area contributed by atoms with Gasteiger partial charge in [0.25, 0.3) is 0 Å². The number of nitrogen functional groups attached to an aromatic ring is 1. The Morgan fingerprint density at radius 3 is 2.79 bits per heavy atom. The molecule has 0 saturated heterocycles. The molecule has 0 bridgehead atoms. The molecule has 14 heavy (non-hydrogen) atoms. The number of fused-ring (bicyclic) bond motifs is 1. The summed E-state index contributed by atoms with van der Waals surface area (Å²) in [5.41, 5.74) is 6.88. The Morgan fingerprint density at radius 2 is 2.14 bits per heavy atom. The lowest BCUT2D eigenvalue weighted by Crippen LogP contribution is -1.99. The van der Waals surface area contributed by atoms with Crippen molar-refractivity contribution in [2.75, 3.05) is 5.73 Å². The summed E-state index contributed by atoms with van der Waals surface area (Å²) in [6.07, 6.45) is 0. The van der Waals surface area contributed by atoms with Crippen molar-refractivity contribution in [3.8, 4) is 0 Å². The first-order valence-electron chi connectivity index (χ1n) is 3.98. The monoisotopic (exact) mass is 275 g/mol. The molecule has 0 saturated carbocycles. The predicted molar refractivity (Wildman–Crippen MR) is 58.1 cm³/mol. The summed E-state index contributed by atoms with van der Waals surface area (Å²) < 4.78 is 2.54. The number of rotatable bonds is 1. The molecular formula is C7H7BrClN5. The van der Waals surface area contributed by atoms with Gasteiger partial charge in [-0.2, -0.15) is 9.97 Å². The van der Waals surface area contributed by atoms with Crippen molar-refractivity contribution in [3.05, 3.63) is 10.0 Å². The Balaban J connectivity index is 2.87. The van der Waals surface area contributed by atoms with E-state index in [0.29, 0.717) is 21.7 Å². The van der Waals surface area contributed by atoms with Crippen molar-refractivity contribution in [2.45, 2.75) is 13.5 Å². The van der Waals surface area contributed by atoms with E-state index in [4.69, 9.17) is 17.3 Å². The molecule has 0 atom stereocenters. The molecule has 0 fully saturated rings. The van der Waals surface area contributed by atoms with Gasteiger partial charge in [0.2, 0.25) is 5.28 Å². The first kappa shape index (κ1) is 9.67. The molecule has 2 rings (SSSR count). The zero-order valence-electron chi connectivity index (χ0n) is 7.33. The number of aromatic nitrogens is 4. The number of anilines is 1. The van der Waals surface area contributed by atoms with Gasteiger partial charge < -0.3 is 10.3 Å². The van der Waals surface area contributed by atoms with Gasteiger partial charge in [-0.05, 0) is 34.5 Å². The van der Waals surface area contributed by atoms with E-state index in [0.717, 1.165) is 6.54 Å². The van der Waals surface area contributed by atoms with Crippen LogP contribution in [0, 0.1) is 0 Å². The van der Waals surface area contributed by atoms with Gasteiger partial charge in [-0.3, -0.25) is 0 Å². The number of nitrogens with zero attached hydrogens (tertiary/aromatic N) is 4. The van der Waals surface area contributed by atoms with E-state index >= 15 is 0 Å². The molecule has 5 nitrogen and oxygen atoms in total. The lowest BCUT2D eigenvalue weighted by atomic mass is 10.5. The van der Waals surface area contributed by atoms with E-state index < -0.39 is 0 Å². The van der Waals surface area contributed by atoms with Crippen molar-refractivity contribution in [3.63, 3.8) is 0 Å². The average molecular weight is 277 g/mol. The minimum atomic E-state index is 0.136. The van der Waals surface area contributed by atoms with E-state index in [1.54, 1.807) is 0 Å². The number of imidazole rings is 1. The van der Waals surface area contributed by atoms with Crippen molar-refractivity contribution >= 4 is 44.5 Å². The fourth-order valence-electron chi connectivity index (χ4n) is 1.25. The SMILES string of the molecule is CCn1c(Br)nc2c(N)nc(Cl)nc21. The first-order chi connectivity index (χ1) is 6.63. The highest BCUT2D eigenvalue weighted by molar-refractivity contribution is 9.10. The predicted octanol–water partition coefficient (Wildman–Crippen LogP) is 1.84. The van der Waals surface area contributed by atoms with E-state index in [1.165, 1.54) is 0 Å². The summed E-state index contributed by atoms with van der Waals surface area (Å²) in [5, 5.41) is 0.136. The van der Waals surface area contributed by atoms with Gasteiger partial charge in [-0.25, -0.2) is 4.98 Å². The summed E-state index contributed by atoms with van der Waals surface area (Å²) in [7, 11) is 0. The summed E-state index contributed by atoms with van der Waals surface area (Å²) in [5.74, 6) is 0.299. The fourth-order valence-corrected chi connectivity index (χ4v) is 2.02. The molecular weight excluding hydrogens is 269 g/mol. The number of aryl methyl sites for hydroxylation is 1. The minimum absolute atomic E-state index is 0.136. The highest BCUT2D eigenvalue weighted by atomic mass is 79.9. The maximum absolute atomic E-state index is 5.70. The molecule has 7 heteroatoms. The molecule has 0 amide bonds. The zero-order valence-corrected chi connectivity index (χ0v) is 9.67. The van der Waals surface area contributed by atoms with Crippen LogP contribution < -0.4 is 5.73 Å². The van der Waals surface area contributed by atoms with Crippen LogP contribution in [0.25, 0.3) is 11.2 Å². The third-order valence-electron chi connectivity index (χ3n) is 1.86. The summed E-state index contributed by atoms with van der Waals surface area (Å²) in [4.78, 5) is 12.1. The highest BCUT2D eigenvalue weighted by Gasteiger charge is 2.12. The molecule has 74 valence electrons. The maximum Gasteiger partial charge on any atom is 0.226 e. The van der Waals surface area contributed by atoms with Crippen LogP contribution in [-0.2, 0) is 6.54 Å². The van der Waals surface area contributed by atoms with E-state index in [1.807, 2.05) is 11.5 Å². The largest absolute Gasteiger partial charge is 0.382 e. The molecule has 0 aliphatic heterocycles. The van der Waals surface area contributed by atoms with E-state index in [2.05, 4.69) is 30.9 Å². The van der Waals surface area contributed by atoms with Gasteiger partial charge in [0.1, 0.15) is 0 Å². The van der Waals surface area contributed by atoms with Crippen LogP contribution in [0.2, 0.25) is 5.28 Å². The third kappa shape index (κ3) is 1.34. The summed E-state index contributed by atoms with van der Waals surface area (Å²) in [6, 6.07) is 0. The Morgan fingerprint density at radius 1 is 1.43 bits per heavy atom. The van der Waals surface area contributed by atoms with Gasteiger partial charge in [0, 0.05) is 6.54 Å². The van der Waals surface area contributed by atoms with Crippen molar-refractivity contribution < 1.29 is 0 Å². The highest BCUT2D eigenvalue weighted by Crippen LogP contribution is 2.23. The summed E-state index contributed by atoms with van der Waals surface area (Å²) in [6.45, 7) is 2.72. The molecule has 0 aliphatic carbocycles. The average Bonchev–Trinajstić information content (AvgIpc) is 2.41. The van der Waals surface area contributed by atoms with Gasteiger partial charge in [-0.15, -0.1) is 0 Å². The lowest BCUT2D eigenvalue weighted by Gasteiger charge is -2.00. The minimum Gasteiger partial charge on any atom is -0.382 e. The summed E-state index contributed by atoms with van der Waals surface area (Å²) >= 11 is 9.02. The van der Waals surface area contributed by atoms with Crippen LogP contribution in [0.15, 0.2) is 4.73 Å². The molecule has 0 aromatic carbocycles. The second-order valence-corrected chi connectivity index (χ2v) is 3.72. The fraction of sp³-hybridized carbons (Fsp3) is 0.286. The van der Waals surface area contributed by atoms with Crippen LogP contribution in [0.3, 0.4) is 0 Å². The van der Waals surface area contributed by atoms with Crippen molar-refractivity contribution in [1.29, 1.82) is 0 Å². The Labute approximate surface area is 93.4 Å². The number of nitrogens with two attached hydrogens (primary N) is 1. The maximum atomic E-state index is 5.70. The van der Waals surface area contributed by atoms with Crippen LogP contribution in [0.5, 0.6) is 0 Å². The number of halogens is 2. The van der Waals surface area contributed by atoms with E-state index in [9.17, 15) is 0 Å².